The predicted molar refractivity (Wildman–Crippen MR) is 125 cm³/mol. The SMILES string of the molecule is C.C.CC(C)CC1CC1.CC(C)CC1CO1.Cc1ccc(C(C)C)cc1Cl. The van der Waals surface area contributed by atoms with Gasteiger partial charge in [-0.25, -0.2) is 0 Å². The van der Waals surface area contributed by atoms with E-state index < -0.39 is 0 Å². The largest absolute Gasteiger partial charge is 0.373 e. The maximum Gasteiger partial charge on any atom is 0.0812 e. The Labute approximate surface area is 176 Å². The second-order valence-corrected chi connectivity index (χ2v) is 9.23. The van der Waals surface area contributed by atoms with Gasteiger partial charge in [-0.05, 0) is 60.6 Å². The van der Waals surface area contributed by atoms with E-state index in [-0.39, 0.29) is 14.9 Å². The van der Waals surface area contributed by atoms with Crippen molar-refractivity contribution in [1.82, 2.24) is 0 Å². The van der Waals surface area contributed by atoms with Gasteiger partial charge in [-0.2, -0.15) is 0 Å². The quantitative estimate of drug-likeness (QED) is 0.451. The fraction of sp³-hybridized carbons (Fsp3) is 0.760. The number of hydrogen-bond donors (Lipinski definition) is 0. The molecule has 0 radical (unpaired) electrons. The first-order valence-electron chi connectivity index (χ1n) is 10.1. The minimum absolute atomic E-state index is 0. The minimum Gasteiger partial charge on any atom is -0.373 e. The molecular formula is C25H47ClO. The second-order valence-electron chi connectivity index (χ2n) is 8.82. The molecule has 1 aliphatic heterocycles. The van der Waals surface area contributed by atoms with E-state index in [1.54, 1.807) is 0 Å². The van der Waals surface area contributed by atoms with Crippen molar-refractivity contribution in [3.8, 4) is 0 Å². The molecule has 2 heteroatoms. The lowest BCUT2D eigenvalue weighted by Gasteiger charge is -2.06. The number of rotatable bonds is 5. The molecule has 1 unspecified atom stereocenters. The summed E-state index contributed by atoms with van der Waals surface area (Å²) in [4.78, 5) is 0. The topological polar surface area (TPSA) is 12.5 Å². The van der Waals surface area contributed by atoms with Crippen LogP contribution in [0.25, 0.3) is 0 Å². The van der Waals surface area contributed by atoms with Gasteiger partial charge in [0.1, 0.15) is 0 Å². The summed E-state index contributed by atoms with van der Waals surface area (Å²) in [6.07, 6.45) is 6.37. The van der Waals surface area contributed by atoms with Crippen molar-refractivity contribution in [2.75, 3.05) is 6.61 Å². The fourth-order valence-electron chi connectivity index (χ4n) is 2.72. The number of ether oxygens (including phenoxy) is 1. The molecule has 1 saturated heterocycles. The Morgan fingerprint density at radius 3 is 1.74 bits per heavy atom. The third kappa shape index (κ3) is 15.1. The molecule has 0 bridgehead atoms. The molecule has 0 amide bonds. The van der Waals surface area contributed by atoms with Crippen LogP contribution in [0.3, 0.4) is 0 Å². The summed E-state index contributed by atoms with van der Waals surface area (Å²) in [6.45, 7) is 16.4. The van der Waals surface area contributed by atoms with Crippen LogP contribution in [0.15, 0.2) is 18.2 Å². The van der Waals surface area contributed by atoms with Crippen LogP contribution in [0.1, 0.15) is 99.1 Å². The van der Waals surface area contributed by atoms with Gasteiger partial charge in [0.15, 0.2) is 0 Å². The van der Waals surface area contributed by atoms with Crippen molar-refractivity contribution in [3.63, 3.8) is 0 Å². The van der Waals surface area contributed by atoms with E-state index in [9.17, 15) is 0 Å². The zero-order chi connectivity index (χ0) is 19.0. The summed E-state index contributed by atoms with van der Waals surface area (Å²) in [6, 6.07) is 6.24. The number of halogens is 1. The van der Waals surface area contributed by atoms with Gasteiger partial charge in [0.05, 0.1) is 12.7 Å². The number of aryl methyl sites for hydroxylation is 1. The Morgan fingerprint density at radius 1 is 0.963 bits per heavy atom. The summed E-state index contributed by atoms with van der Waals surface area (Å²) in [5.41, 5.74) is 2.46. The summed E-state index contributed by atoms with van der Waals surface area (Å²) >= 11 is 5.96. The third-order valence-corrected chi connectivity index (χ3v) is 4.91. The van der Waals surface area contributed by atoms with Gasteiger partial charge in [-0.1, -0.05) is 93.0 Å². The Balaban J connectivity index is 0. The molecule has 1 aliphatic carbocycles. The van der Waals surface area contributed by atoms with Gasteiger partial charge in [0.25, 0.3) is 0 Å². The summed E-state index contributed by atoms with van der Waals surface area (Å²) in [5.74, 6) is 3.44. The molecule has 0 aromatic heterocycles. The molecule has 1 atom stereocenters. The molecule has 2 fully saturated rings. The Kier molecular flexibility index (Phi) is 15.4. The maximum absolute atomic E-state index is 5.96. The number of hydrogen-bond acceptors (Lipinski definition) is 1. The maximum atomic E-state index is 5.96. The average Bonchev–Trinajstić information content (AvgIpc) is 3.40. The van der Waals surface area contributed by atoms with Gasteiger partial charge in [0.2, 0.25) is 0 Å². The smallest absolute Gasteiger partial charge is 0.0812 e. The predicted octanol–water partition coefficient (Wildman–Crippen LogP) is 8.92. The normalized spacial score (nSPS) is 17.2. The zero-order valence-corrected chi connectivity index (χ0v) is 18.2. The van der Waals surface area contributed by atoms with E-state index >= 15 is 0 Å². The standard InChI is InChI=1S/C10H13Cl.C7H14.C6H12O.2CH4/c1-7(2)9-5-4-8(3)10(11)6-9;1-6(2)5-7-3-4-7;1-5(2)3-6-4-7-6;;/h4-7H,1-3H3;6-7H,3-5H2,1-2H3;5-6H,3-4H2,1-2H3;2*1H4. The molecule has 160 valence electrons. The van der Waals surface area contributed by atoms with Crippen molar-refractivity contribution in [2.45, 2.75) is 101 Å². The van der Waals surface area contributed by atoms with Crippen LogP contribution in [0.5, 0.6) is 0 Å². The van der Waals surface area contributed by atoms with Crippen LogP contribution in [-0.4, -0.2) is 12.7 Å². The fourth-order valence-corrected chi connectivity index (χ4v) is 2.91. The first kappa shape index (κ1) is 28.7. The molecule has 0 spiro atoms. The lowest BCUT2D eigenvalue weighted by atomic mass is 10.0. The Morgan fingerprint density at radius 2 is 1.48 bits per heavy atom. The minimum atomic E-state index is 0. The molecule has 1 heterocycles. The first-order valence-corrected chi connectivity index (χ1v) is 10.4. The van der Waals surface area contributed by atoms with Crippen LogP contribution in [0, 0.1) is 24.7 Å². The molecule has 2 aliphatic rings. The van der Waals surface area contributed by atoms with Crippen LogP contribution < -0.4 is 0 Å². The highest BCUT2D eigenvalue weighted by atomic mass is 35.5. The Bertz CT molecular complexity index is 467. The summed E-state index contributed by atoms with van der Waals surface area (Å²) < 4.78 is 5.02. The highest BCUT2D eigenvalue weighted by molar-refractivity contribution is 6.31. The molecule has 1 saturated carbocycles. The van der Waals surface area contributed by atoms with Crippen LogP contribution in [-0.2, 0) is 4.74 Å². The van der Waals surface area contributed by atoms with E-state index in [1.165, 1.54) is 31.2 Å². The molecule has 1 nitrogen and oxygen atoms in total. The summed E-state index contributed by atoms with van der Waals surface area (Å²) in [7, 11) is 0. The van der Waals surface area contributed by atoms with E-state index in [1.807, 2.05) is 13.0 Å². The summed E-state index contributed by atoms with van der Waals surface area (Å²) in [5, 5.41) is 0.871. The van der Waals surface area contributed by atoms with Crippen molar-refractivity contribution in [2.24, 2.45) is 17.8 Å². The van der Waals surface area contributed by atoms with Gasteiger partial charge < -0.3 is 4.74 Å². The van der Waals surface area contributed by atoms with Gasteiger partial charge in [0, 0.05) is 5.02 Å². The van der Waals surface area contributed by atoms with Crippen molar-refractivity contribution < 1.29 is 4.74 Å². The lowest BCUT2D eigenvalue weighted by molar-refractivity contribution is 0.370. The second kappa shape index (κ2) is 14.5. The van der Waals surface area contributed by atoms with E-state index in [4.69, 9.17) is 16.3 Å². The lowest BCUT2D eigenvalue weighted by Crippen LogP contribution is -1.92. The molecular weight excluding hydrogens is 352 g/mol. The number of epoxide rings is 1. The van der Waals surface area contributed by atoms with Crippen LogP contribution >= 0.6 is 11.6 Å². The third-order valence-electron chi connectivity index (χ3n) is 4.50. The van der Waals surface area contributed by atoms with Crippen LogP contribution in [0.4, 0.5) is 0 Å². The van der Waals surface area contributed by atoms with Crippen molar-refractivity contribution in [1.29, 1.82) is 0 Å². The highest BCUT2D eigenvalue weighted by Crippen LogP contribution is 2.34. The van der Waals surface area contributed by atoms with E-state index in [0.29, 0.717) is 12.0 Å². The van der Waals surface area contributed by atoms with Gasteiger partial charge >= 0.3 is 0 Å². The average molecular weight is 399 g/mol. The van der Waals surface area contributed by atoms with Gasteiger partial charge in [-0.3, -0.25) is 0 Å². The van der Waals surface area contributed by atoms with Gasteiger partial charge in [-0.15, -0.1) is 0 Å². The first-order chi connectivity index (χ1) is 11.7. The zero-order valence-electron chi connectivity index (χ0n) is 17.4. The van der Waals surface area contributed by atoms with Crippen molar-refractivity contribution in [3.05, 3.63) is 34.3 Å². The molecule has 0 N–H and O–H groups in total. The van der Waals surface area contributed by atoms with Crippen LogP contribution in [0.2, 0.25) is 5.02 Å². The molecule has 27 heavy (non-hydrogen) atoms. The molecule has 3 rings (SSSR count). The Hall–Kier alpha value is -0.530. The monoisotopic (exact) mass is 398 g/mol. The number of benzene rings is 1. The highest BCUT2D eigenvalue weighted by Gasteiger charge is 2.22. The molecule has 1 aromatic carbocycles. The molecule has 1 aromatic rings. The van der Waals surface area contributed by atoms with E-state index in [2.05, 4.69) is 53.7 Å². The van der Waals surface area contributed by atoms with E-state index in [0.717, 1.165) is 34.9 Å². The van der Waals surface area contributed by atoms with Crippen molar-refractivity contribution >= 4 is 11.6 Å².